The molecule has 4 rings (SSSR count). The van der Waals surface area contributed by atoms with Gasteiger partial charge in [0.15, 0.2) is 11.5 Å². The van der Waals surface area contributed by atoms with Crippen molar-refractivity contribution in [1.29, 1.82) is 0 Å². The highest BCUT2D eigenvalue weighted by Crippen LogP contribution is 2.32. The molecule has 0 unspecified atom stereocenters. The van der Waals surface area contributed by atoms with Crippen LogP contribution in [0, 0.1) is 0 Å². The van der Waals surface area contributed by atoms with Crippen molar-refractivity contribution in [2.24, 2.45) is 0 Å². The Balaban J connectivity index is 1.69. The number of aromatic nitrogens is 2. The molecule has 0 fully saturated rings. The lowest BCUT2D eigenvalue weighted by atomic mass is 10.0. The van der Waals surface area contributed by atoms with Crippen molar-refractivity contribution in [3.63, 3.8) is 0 Å². The molecule has 1 N–H and O–H groups in total. The van der Waals surface area contributed by atoms with Gasteiger partial charge in [-0.15, -0.1) is 11.3 Å². The van der Waals surface area contributed by atoms with E-state index in [0.717, 1.165) is 27.9 Å². The summed E-state index contributed by atoms with van der Waals surface area (Å²) in [4.78, 5) is 21.3. The van der Waals surface area contributed by atoms with Crippen LogP contribution in [0.4, 0.5) is 0 Å². The molecule has 4 aromatic rings. The molecule has 29 heavy (non-hydrogen) atoms. The molecule has 0 aliphatic rings. The second kappa shape index (κ2) is 8.09. The predicted octanol–water partition coefficient (Wildman–Crippen LogP) is 4.82. The average Bonchev–Trinajstić information content (AvgIpc) is 3.18. The molecular weight excluding hydrogens is 384 g/mol. The largest absolute Gasteiger partial charge is 0.493 e. The molecule has 0 aliphatic heterocycles. The minimum absolute atomic E-state index is 0.110. The van der Waals surface area contributed by atoms with Gasteiger partial charge >= 0.3 is 0 Å². The first kappa shape index (κ1) is 19.2. The van der Waals surface area contributed by atoms with E-state index in [1.807, 2.05) is 23.6 Å². The summed E-state index contributed by atoms with van der Waals surface area (Å²) in [6.45, 7) is 2.13. The molecule has 0 bridgehead atoms. The summed E-state index contributed by atoms with van der Waals surface area (Å²) in [7, 11) is 3.21. The minimum atomic E-state index is -0.110. The van der Waals surface area contributed by atoms with E-state index in [0.29, 0.717) is 29.1 Å². The average molecular weight is 407 g/mol. The monoisotopic (exact) mass is 406 g/mol. The maximum Gasteiger partial charge on any atom is 0.260 e. The smallest absolute Gasteiger partial charge is 0.260 e. The molecule has 2 aromatic heterocycles. The van der Waals surface area contributed by atoms with E-state index >= 15 is 0 Å². The molecule has 6 heteroatoms. The van der Waals surface area contributed by atoms with Crippen molar-refractivity contribution in [3.05, 3.63) is 75.1 Å². The van der Waals surface area contributed by atoms with Gasteiger partial charge in [0.25, 0.3) is 5.56 Å². The van der Waals surface area contributed by atoms with Crippen LogP contribution in [0.1, 0.15) is 23.9 Å². The highest BCUT2D eigenvalue weighted by Gasteiger charge is 2.14. The van der Waals surface area contributed by atoms with Gasteiger partial charge in [-0.2, -0.15) is 0 Å². The van der Waals surface area contributed by atoms with Crippen molar-refractivity contribution in [2.75, 3.05) is 14.2 Å². The van der Waals surface area contributed by atoms with Gasteiger partial charge < -0.3 is 14.5 Å². The number of methoxy groups -OCH3 is 2. The lowest BCUT2D eigenvalue weighted by Gasteiger charge is -2.09. The zero-order valence-corrected chi connectivity index (χ0v) is 17.4. The van der Waals surface area contributed by atoms with E-state index in [4.69, 9.17) is 14.5 Å². The molecule has 0 radical (unpaired) electrons. The van der Waals surface area contributed by atoms with Gasteiger partial charge in [0, 0.05) is 17.4 Å². The number of rotatable bonds is 6. The van der Waals surface area contributed by atoms with Gasteiger partial charge in [-0.1, -0.05) is 37.3 Å². The van der Waals surface area contributed by atoms with E-state index < -0.39 is 0 Å². The van der Waals surface area contributed by atoms with Crippen molar-refractivity contribution in [2.45, 2.75) is 19.8 Å². The predicted molar refractivity (Wildman–Crippen MR) is 117 cm³/mol. The normalized spacial score (nSPS) is 11.0. The van der Waals surface area contributed by atoms with E-state index in [-0.39, 0.29) is 5.56 Å². The van der Waals surface area contributed by atoms with Gasteiger partial charge in [0.1, 0.15) is 10.7 Å². The van der Waals surface area contributed by atoms with Gasteiger partial charge in [-0.25, -0.2) is 4.98 Å². The fourth-order valence-corrected chi connectivity index (χ4v) is 4.36. The minimum Gasteiger partial charge on any atom is -0.493 e. The van der Waals surface area contributed by atoms with Crippen molar-refractivity contribution in [1.82, 2.24) is 9.97 Å². The second-order valence-electron chi connectivity index (χ2n) is 6.76. The van der Waals surface area contributed by atoms with Crippen LogP contribution in [0.5, 0.6) is 11.5 Å². The van der Waals surface area contributed by atoms with Crippen LogP contribution in [0.3, 0.4) is 0 Å². The Kier molecular flexibility index (Phi) is 5.36. The molecule has 0 spiro atoms. The summed E-state index contributed by atoms with van der Waals surface area (Å²) in [5.74, 6) is 1.96. The van der Waals surface area contributed by atoms with E-state index in [2.05, 4.69) is 36.2 Å². The fourth-order valence-electron chi connectivity index (χ4n) is 3.39. The number of fused-ring (bicyclic) bond motifs is 1. The Labute approximate surface area is 173 Å². The van der Waals surface area contributed by atoms with Gasteiger partial charge in [0.05, 0.1) is 19.6 Å². The third-order valence-electron chi connectivity index (χ3n) is 4.99. The molecule has 0 amide bonds. The Hall–Kier alpha value is -3.12. The van der Waals surface area contributed by atoms with Gasteiger partial charge in [0.2, 0.25) is 0 Å². The van der Waals surface area contributed by atoms with Crippen LogP contribution in [0.15, 0.2) is 52.6 Å². The maximum atomic E-state index is 12.9. The molecule has 0 atom stereocenters. The molecule has 0 saturated heterocycles. The number of aryl methyl sites for hydroxylation is 1. The number of aromatic amines is 1. The number of hydrogen-bond acceptors (Lipinski definition) is 5. The van der Waals surface area contributed by atoms with Crippen LogP contribution in [-0.2, 0) is 12.8 Å². The van der Waals surface area contributed by atoms with Crippen molar-refractivity contribution < 1.29 is 9.47 Å². The first-order chi connectivity index (χ1) is 14.1. The zero-order chi connectivity index (χ0) is 20.4. The summed E-state index contributed by atoms with van der Waals surface area (Å²) < 4.78 is 10.6. The van der Waals surface area contributed by atoms with Crippen molar-refractivity contribution >= 4 is 21.6 Å². The Morgan fingerprint density at radius 2 is 1.72 bits per heavy atom. The first-order valence-electron chi connectivity index (χ1n) is 9.43. The summed E-state index contributed by atoms with van der Waals surface area (Å²) in [6, 6.07) is 14.0. The molecule has 148 valence electrons. The summed E-state index contributed by atoms with van der Waals surface area (Å²) in [6.07, 6.45) is 1.50. The van der Waals surface area contributed by atoms with Gasteiger partial charge in [-0.3, -0.25) is 4.79 Å². The molecule has 5 nitrogen and oxygen atoms in total. The summed E-state index contributed by atoms with van der Waals surface area (Å²) in [5, 5.41) is 2.66. The van der Waals surface area contributed by atoms with Crippen LogP contribution in [0.2, 0.25) is 0 Å². The second-order valence-corrected chi connectivity index (χ2v) is 7.62. The first-order valence-corrected chi connectivity index (χ1v) is 10.3. The SMILES string of the molecule is CCc1ccc(-c2csc3nc(Cc4ccc(OC)c(OC)c4)[nH]c(=O)c23)cc1. The summed E-state index contributed by atoms with van der Waals surface area (Å²) in [5.41, 5.74) is 4.11. The number of ether oxygens (including phenoxy) is 2. The number of thiophene rings is 1. The maximum absolute atomic E-state index is 12.9. The Morgan fingerprint density at radius 3 is 2.41 bits per heavy atom. The third kappa shape index (κ3) is 3.76. The molecule has 2 aromatic carbocycles. The lowest BCUT2D eigenvalue weighted by molar-refractivity contribution is 0.354. The fraction of sp³-hybridized carbons (Fsp3) is 0.217. The zero-order valence-electron chi connectivity index (χ0n) is 16.6. The Bertz CT molecular complexity index is 1210. The number of H-pyrrole nitrogens is 1. The summed E-state index contributed by atoms with van der Waals surface area (Å²) >= 11 is 1.50. The van der Waals surface area contributed by atoms with Crippen LogP contribution in [-0.4, -0.2) is 24.2 Å². The lowest BCUT2D eigenvalue weighted by Crippen LogP contribution is -2.11. The number of nitrogens with zero attached hydrogens (tertiary/aromatic N) is 1. The van der Waals surface area contributed by atoms with Crippen molar-refractivity contribution in [3.8, 4) is 22.6 Å². The van der Waals surface area contributed by atoms with Gasteiger partial charge in [-0.05, 0) is 35.2 Å². The molecular formula is C23H22N2O3S. The van der Waals surface area contributed by atoms with E-state index in [1.54, 1.807) is 14.2 Å². The quantitative estimate of drug-likeness (QED) is 0.498. The van der Waals surface area contributed by atoms with E-state index in [1.165, 1.54) is 16.9 Å². The standard InChI is InChI=1S/C23H22N2O3S/c1-4-14-5-8-16(9-6-14)17-13-29-23-21(17)22(26)24-20(25-23)12-15-7-10-18(27-2)19(11-15)28-3/h5-11,13H,4,12H2,1-3H3,(H,24,25,26). The molecule has 2 heterocycles. The van der Waals surface area contributed by atoms with E-state index in [9.17, 15) is 4.79 Å². The molecule has 0 saturated carbocycles. The number of nitrogens with one attached hydrogen (secondary N) is 1. The Morgan fingerprint density at radius 1 is 1.00 bits per heavy atom. The third-order valence-corrected chi connectivity index (χ3v) is 5.86. The number of benzene rings is 2. The topological polar surface area (TPSA) is 64.2 Å². The van der Waals surface area contributed by atoms with Crippen LogP contribution >= 0.6 is 11.3 Å². The number of hydrogen-bond donors (Lipinski definition) is 1. The molecule has 0 aliphatic carbocycles. The van der Waals surface area contributed by atoms with Crippen LogP contribution < -0.4 is 15.0 Å². The van der Waals surface area contributed by atoms with Crippen LogP contribution in [0.25, 0.3) is 21.3 Å². The highest BCUT2D eigenvalue weighted by molar-refractivity contribution is 7.17. The highest BCUT2D eigenvalue weighted by atomic mass is 32.1.